The summed E-state index contributed by atoms with van der Waals surface area (Å²) in [6.07, 6.45) is 8.54. The molecule has 27 heavy (non-hydrogen) atoms. The number of carbonyl (C=O) groups excluding carboxylic acids is 1. The molecule has 1 aromatic carbocycles. The molecule has 0 radical (unpaired) electrons. The summed E-state index contributed by atoms with van der Waals surface area (Å²) in [5.74, 6) is 0.265. The van der Waals surface area contributed by atoms with Gasteiger partial charge in [-0.15, -0.1) is 0 Å². The lowest BCUT2D eigenvalue weighted by Crippen LogP contribution is -2.46. The van der Waals surface area contributed by atoms with Crippen molar-refractivity contribution in [1.82, 2.24) is 9.80 Å². The van der Waals surface area contributed by atoms with Crippen molar-refractivity contribution in [2.45, 2.75) is 58.5 Å². The van der Waals surface area contributed by atoms with Crippen LogP contribution in [0, 0.1) is 0 Å². The molecule has 1 amide bonds. The van der Waals surface area contributed by atoms with Crippen molar-refractivity contribution in [2.75, 3.05) is 37.6 Å². The van der Waals surface area contributed by atoms with E-state index in [-0.39, 0.29) is 5.91 Å². The Morgan fingerprint density at radius 1 is 1.07 bits per heavy atom. The Bertz CT molecular complexity index is 708. The largest absolute Gasteiger partial charge is 0.369 e. The molecule has 0 atom stereocenters. The van der Waals surface area contributed by atoms with E-state index in [2.05, 4.69) is 52.8 Å². The highest BCUT2D eigenvalue weighted by Crippen LogP contribution is 2.33. The number of anilines is 1. The van der Waals surface area contributed by atoms with Gasteiger partial charge in [-0.25, -0.2) is 0 Å². The number of rotatable bonds is 4. The van der Waals surface area contributed by atoms with Crippen LogP contribution in [-0.2, 0) is 6.54 Å². The highest BCUT2D eigenvalue weighted by Gasteiger charge is 2.33. The summed E-state index contributed by atoms with van der Waals surface area (Å²) in [5.41, 5.74) is 4.77. The van der Waals surface area contributed by atoms with Gasteiger partial charge in [0.2, 0.25) is 0 Å². The SMILES string of the molecule is CC(C)=CCN1CCN(c2ccc3c(c2)C(=O)N(C2CCCCC2)C3)CC1. The quantitative estimate of drug-likeness (QED) is 0.751. The number of allylic oxidation sites excluding steroid dienone is 1. The van der Waals surface area contributed by atoms with Crippen LogP contribution >= 0.6 is 0 Å². The molecule has 0 unspecified atom stereocenters. The van der Waals surface area contributed by atoms with Gasteiger partial charge in [0.15, 0.2) is 0 Å². The molecule has 2 aliphatic heterocycles. The van der Waals surface area contributed by atoms with Crippen molar-refractivity contribution in [2.24, 2.45) is 0 Å². The maximum Gasteiger partial charge on any atom is 0.254 e. The van der Waals surface area contributed by atoms with Gasteiger partial charge in [0.05, 0.1) is 0 Å². The van der Waals surface area contributed by atoms with Crippen LogP contribution in [0.3, 0.4) is 0 Å². The number of hydrogen-bond donors (Lipinski definition) is 0. The van der Waals surface area contributed by atoms with E-state index in [9.17, 15) is 4.79 Å². The minimum absolute atomic E-state index is 0.265. The zero-order valence-corrected chi connectivity index (χ0v) is 16.9. The van der Waals surface area contributed by atoms with Crippen LogP contribution in [-0.4, -0.2) is 54.5 Å². The third kappa shape index (κ3) is 4.06. The van der Waals surface area contributed by atoms with Crippen molar-refractivity contribution < 1.29 is 4.79 Å². The highest BCUT2D eigenvalue weighted by atomic mass is 16.2. The van der Waals surface area contributed by atoms with Crippen molar-refractivity contribution in [1.29, 1.82) is 0 Å². The minimum atomic E-state index is 0.265. The molecule has 1 saturated carbocycles. The van der Waals surface area contributed by atoms with Gasteiger partial charge in [-0.05, 0) is 44.4 Å². The van der Waals surface area contributed by atoms with Gasteiger partial charge in [-0.3, -0.25) is 9.69 Å². The van der Waals surface area contributed by atoms with Gasteiger partial charge in [-0.2, -0.15) is 0 Å². The Labute approximate surface area is 163 Å². The van der Waals surface area contributed by atoms with Crippen molar-refractivity contribution in [3.63, 3.8) is 0 Å². The molecule has 1 aliphatic carbocycles. The van der Waals surface area contributed by atoms with Crippen LogP contribution in [0.4, 0.5) is 5.69 Å². The van der Waals surface area contributed by atoms with Crippen molar-refractivity contribution in [3.8, 4) is 0 Å². The number of fused-ring (bicyclic) bond motifs is 1. The second-order valence-electron chi connectivity index (χ2n) is 8.64. The first-order chi connectivity index (χ1) is 13.1. The van der Waals surface area contributed by atoms with E-state index in [1.165, 1.54) is 48.9 Å². The Morgan fingerprint density at radius 2 is 1.81 bits per heavy atom. The maximum atomic E-state index is 13.0. The molecule has 4 heteroatoms. The van der Waals surface area contributed by atoms with Crippen LogP contribution in [0.2, 0.25) is 0 Å². The van der Waals surface area contributed by atoms with E-state index < -0.39 is 0 Å². The molecule has 3 aliphatic rings. The number of hydrogen-bond acceptors (Lipinski definition) is 3. The molecule has 146 valence electrons. The molecule has 4 nitrogen and oxygen atoms in total. The Balaban J connectivity index is 1.41. The summed E-state index contributed by atoms with van der Waals surface area (Å²) in [4.78, 5) is 20.1. The van der Waals surface area contributed by atoms with Crippen LogP contribution < -0.4 is 4.90 Å². The fourth-order valence-corrected chi connectivity index (χ4v) is 4.70. The van der Waals surface area contributed by atoms with Gasteiger partial charge >= 0.3 is 0 Å². The summed E-state index contributed by atoms with van der Waals surface area (Å²) in [5, 5.41) is 0. The topological polar surface area (TPSA) is 26.8 Å². The highest BCUT2D eigenvalue weighted by molar-refractivity contribution is 5.99. The van der Waals surface area contributed by atoms with Gasteiger partial charge in [0.1, 0.15) is 0 Å². The molecule has 0 N–H and O–H groups in total. The standard InChI is InChI=1S/C23H33N3O/c1-18(2)10-11-24-12-14-25(15-13-24)21-9-8-19-17-26(23(27)22(19)16-21)20-6-4-3-5-7-20/h8-10,16,20H,3-7,11-15,17H2,1-2H3. The molecule has 0 bridgehead atoms. The summed E-state index contributed by atoms with van der Waals surface area (Å²) in [7, 11) is 0. The number of nitrogens with zero attached hydrogens (tertiary/aromatic N) is 3. The Kier molecular flexibility index (Phi) is 5.53. The van der Waals surface area contributed by atoms with Crippen LogP contribution in [0.15, 0.2) is 29.8 Å². The lowest BCUT2D eigenvalue weighted by Gasteiger charge is -2.35. The number of piperazine rings is 1. The summed E-state index contributed by atoms with van der Waals surface area (Å²) in [6.45, 7) is 10.4. The van der Waals surface area contributed by atoms with Crippen molar-refractivity contribution >= 4 is 11.6 Å². The third-order valence-electron chi connectivity index (χ3n) is 6.44. The van der Waals surface area contributed by atoms with Gasteiger partial charge < -0.3 is 9.80 Å². The molecule has 2 heterocycles. The van der Waals surface area contributed by atoms with E-state index >= 15 is 0 Å². The smallest absolute Gasteiger partial charge is 0.254 e. The second-order valence-corrected chi connectivity index (χ2v) is 8.64. The van der Waals surface area contributed by atoms with Crippen LogP contribution in [0.1, 0.15) is 61.9 Å². The van der Waals surface area contributed by atoms with Gasteiger partial charge in [-0.1, -0.05) is 37.0 Å². The lowest BCUT2D eigenvalue weighted by atomic mass is 9.94. The molecule has 4 rings (SSSR count). The van der Waals surface area contributed by atoms with Gasteiger partial charge in [0, 0.05) is 56.6 Å². The minimum Gasteiger partial charge on any atom is -0.369 e. The summed E-state index contributed by atoms with van der Waals surface area (Å²) in [6, 6.07) is 7.04. The molecular weight excluding hydrogens is 334 g/mol. The van der Waals surface area contributed by atoms with Crippen LogP contribution in [0.25, 0.3) is 0 Å². The number of carbonyl (C=O) groups is 1. The second kappa shape index (κ2) is 8.05. The molecule has 2 fully saturated rings. The number of amides is 1. The fraction of sp³-hybridized carbons (Fsp3) is 0.609. The first-order valence-electron chi connectivity index (χ1n) is 10.7. The van der Waals surface area contributed by atoms with Crippen LogP contribution in [0.5, 0.6) is 0 Å². The zero-order valence-electron chi connectivity index (χ0n) is 16.9. The first-order valence-corrected chi connectivity index (χ1v) is 10.7. The van der Waals surface area contributed by atoms with E-state index in [4.69, 9.17) is 0 Å². The molecule has 0 aromatic heterocycles. The predicted octanol–water partition coefficient (Wildman–Crippen LogP) is 4.06. The number of benzene rings is 1. The normalized spacial score (nSPS) is 21.5. The fourth-order valence-electron chi connectivity index (χ4n) is 4.70. The zero-order chi connectivity index (χ0) is 18.8. The van der Waals surface area contributed by atoms with Gasteiger partial charge in [0.25, 0.3) is 5.91 Å². The average molecular weight is 368 g/mol. The van der Waals surface area contributed by atoms with E-state index in [1.54, 1.807) is 0 Å². The average Bonchev–Trinajstić information content (AvgIpc) is 3.03. The molecule has 1 aromatic rings. The monoisotopic (exact) mass is 367 g/mol. The van der Waals surface area contributed by atoms with E-state index in [0.29, 0.717) is 6.04 Å². The first kappa shape index (κ1) is 18.5. The van der Waals surface area contributed by atoms with Crippen molar-refractivity contribution in [3.05, 3.63) is 41.0 Å². The Hall–Kier alpha value is -1.81. The molecular formula is C23H33N3O. The lowest BCUT2D eigenvalue weighted by molar-refractivity contribution is 0.0660. The Morgan fingerprint density at radius 3 is 2.52 bits per heavy atom. The molecule has 1 saturated heterocycles. The third-order valence-corrected chi connectivity index (χ3v) is 6.44. The maximum absolute atomic E-state index is 13.0. The predicted molar refractivity (Wildman–Crippen MR) is 111 cm³/mol. The van der Waals surface area contributed by atoms with E-state index in [1.807, 2.05) is 0 Å². The summed E-state index contributed by atoms with van der Waals surface area (Å²) >= 11 is 0. The molecule has 0 spiro atoms. The summed E-state index contributed by atoms with van der Waals surface area (Å²) < 4.78 is 0. The van der Waals surface area contributed by atoms with E-state index in [0.717, 1.165) is 44.8 Å².